The molecule has 0 atom stereocenters. The number of hydrogen-bond acceptors (Lipinski definition) is 3. The lowest BCUT2D eigenvalue weighted by molar-refractivity contribution is 0.267. The zero-order valence-corrected chi connectivity index (χ0v) is 18.8. The standard InChI is InChI=1S/C24H25FINO2/c1-3-19-7-5-6-8-22(19)27-15-18-13-21(26)24(23(14-18)28-4-2)29-16-17-9-11-20(25)12-10-17/h5-14,27H,3-4,15-16H2,1-2H3. The Labute approximate surface area is 185 Å². The number of ether oxygens (including phenoxy) is 2. The van der Waals surface area contributed by atoms with Crippen molar-refractivity contribution in [3.8, 4) is 11.5 Å². The third-order valence-electron chi connectivity index (χ3n) is 4.55. The summed E-state index contributed by atoms with van der Waals surface area (Å²) in [5.74, 6) is 1.19. The summed E-state index contributed by atoms with van der Waals surface area (Å²) < 4.78 is 26.0. The zero-order valence-electron chi connectivity index (χ0n) is 16.7. The van der Waals surface area contributed by atoms with Gasteiger partial charge in [0.05, 0.1) is 10.2 Å². The molecule has 152 valence electrons. The summed E-state index contributed by atoms with van der Waals surface area (Å²) in [4.78, 5) is 0. The van der Waals surface area contributed by atoms with E-state index in [4.69, 9.17) is 9.47 Å². The second-order valence-electron chi connectivity index (χ2n) is 6.62. The van der Waals surface area contributed by atoms with Crippen LogP contribution in [0.1, 0.15) is 30.5 Å². The van der Waals surface area contributed by atoms with Gasteiger partial charge in [0.2, 0.25) is 0 Å². The number of anilines is 1. The van der Waals surface area contributed by atoms with Crippen molar-refractivity contribution in [2.75, 3.05) is 11.9 Å². The molecule has 0 fully saturated rings. The van der Waals surface area contributed by atoms with Gasteiger partial charge in [0.15, 0.2) is 11.5 Å². The molecule has 0 unspecified atom stereocenters. The summed E-state index contributed by atoms with van der Waals surface area (Å²) in [6.45, 7) is 5.73. The Kier molecular flexibility index (Phi) is 7.75. The molecule has 0 amide bonds. The topological polar surface area (TPSA) is 30.5 Å². The molecule has 0 heterocycles. The van der Waals surface area contributed by atoms with Gasteiger partial charge in [-0.3, -0.25) is 0 Å². The first-order valence-electron chi connectivity index (χ1n) is 9.75. The van der Waals surface area contributed by atoms with Gasteiger partial charge < -0.3 is 14.8 Å². The minimum absolute atomic E-state index is 0.250. The molecule has 29 heavy (non-hydrogen) atoms. The number of aryl methyl sites for hydroxylation is 1. The van der Waals surface area contributed by atoms with E-state index in [9.17, 15) is 4.39 Å². The van der Waals surface area contributed by atoms with Gasteiger partial charge >= 0.3 is 0 Å². The highest BCUT2D eigenvalue weighted by Gasteiger charge is 2.13. The molecule has 0 aromatic heterocycles. The lowest BCUT2D eigenvalue weighted by Crippen LogP contribution is -2.06. The van der Waals surface area contributed by atoms with Crippen molar-refractivity contribution in [2.24, 2.45) is 0 Å². The van der Waals surface area contributed by atoms with Crippen LogP contribution in [0.15, 0.2) is 60.7 Å². The third kappa shape index (κ3) is 5.85. The van der Waals surface area contributed by atoms with Crippen molar-refractivity contribution >= 4 is 28.3 Å². The predicted octanol–water partition coefficient (Wildman–Crippen LogP) is 6.58. The van der Waals surface area contributed by atoms with Gasteiger partial charge in [-0.05, 0) is 83.0 Å². The van der Waals surface area contributed by atoms with Crippen LogP contribution in [0.3, 0.4) is 0 Å². The Morgan fingerprint density at radius 2 is 1.69 bits per heavy atom. The van der Waals surface area contributed by atoms with Crippen LogP contribution in [0.2, 0.25) is 0 Å². The van der Waals surface area contributed by atoms with E-state index in [2.05, 4.69) is 59.1 Å². The van der Waals surface area contributed by atoms with Crippen LogP contribution in [0.4, 0.5) is 10.1 Å². The van der Waals surface area contributed by atoms with E-state index >= 15 is 0 Å². The lowest BCUT2D eigenvalue weighted by atomic mass is 10.1. The molecule has 3 nitrogen and oxygen atoms in total. The van der Waals surface area contributed by atoms with Crippen molar-refractivity contribution in [2.45, 2.75) is 33.4 Å². The smallest absolute Gasteiger partial charge is 0.174 e. The van der Waals surface area contributed by atoms with Gasteiger partial charge in [-0.2, -0.15) is 0 Å². The van der Waals surface area contributed by atoms with Crippen LogP contribution < -0.4 is 14.8 Å². The number of rotatable bonds is 9. The van der Waals surface area contributed by atoms with Crippen LogP contribution >= 0.6 is 22.6 Å². The minimum Gasteiger partial charge on any atom is -0.490 e. The molecule has 0 aliphatic rings. The molecule has 5 heteroatoms. The Bertz CT molecular complexity index is 944. The fourth-order valence-electron chi connectivity index (χ4n) is 3.06. The van der Waals surface area contributed by atoms with E-state index in [0.717, 1.165) is 38.3 Å². The molecule has 0 radical (unpaired) electrons. The number of nitrogens with one attached hydrogen (secondary N) is 1. The Balaban J connectivity index is 1.75. The monoisotopic (exact) mass is 505 g/mol. The highest BCUT2D eigenvalue weighted by molar-refractivity contribution is 14.1. The molecule has 0 aliphatic carbocycles. The zero-order chi connectivity index (χ0) is 20.6. The van der Waals surface area contributed by atoms with Gasteiger partial charge in [0, 0.05) is 12.2 Å². The normalized spacial score (nSPS) is 10.6. The Hall–Kier alpha value is -2.28. The summed E-state index contributed by atoms with van der Waals surface area (Å²) in [5.41, 5.74) is 4.48. The minimum atomic E-state index is -0.250. The summed E-state index contributed by atoms with van der Waals surface area (Å²) in [5, 5.41) is 3.52. The molecule has 1 N–H and O–H groups in total. The van der Waals surface area contributed by atoms with Gasteiger partial charge in [-0.1, -0.05) is 37.3 Å². The van der Waals surface area contributed by atoms with Crippen molar-refractivity contribution < 1.29 is 13.9 Å². The molecule has 3 aromatic rings. The van der Waals surface area contributed by atoms with E-state index in [0.29, 0.717) is 19.8 Å². The summed E-state index contributed by atoms with van der Waals surface area (Å²) in [6, 6.07) is 18.8. The van der Waals surface area contributed by atoms with E-state index < -0.39 is 0 Å². The van der Waals surface area contributed by atoms with Crippen molar-refractivity contribution in [3.05, 3.63) is 86.7 Å². The number of benzene rings is 3. The third-order valence-corrected chi connectivity index (χ3v) is 5.35. The molecule has 0 saturated heterocycles. The molecular formula is C24H25FINO2. The maximum absolute atomic E-state index is 13.1. The molecule has 0 aliphatic heterocycles. The van der Waals surface area contributed by atoms with E-state index in [1.807, 2.05) is 19.1 Å². The van der Waals surface area contributed by atoms with Gasteiger partial charge in [-0.15, -0.1) is 0 Å². The van der Waals surface area contributed by atoms with Gasteiger partial charge in [0.25, 0.3) is 0 Å². The molecule has 3 rings (SSSR count). The fourth-order valence-corrected chi connectivity index (χ4v) is 3.88. The van der Waals surface area contributed by atoms with Crippen LogP contribution in [0, 0.1) is 9.39 Å². The van der Waals surface area contributed by atoms with Crippen molar-refractivity contribution in [1.29, 1.82) is 0 Å². The van der Waals surface area contributed by atoms with Crippen LogP contribution in [0.5, 0.6) is 11.5 Å². The van der Waals surface area contributed by atoms with E-state index in [-0.39, 0.29) is 5.82 Å². The highest BCUT2D eigenvalue weighted by atomic mass is 127. The second-order valence-corrected chi connectivity index (χ2v) is 7.78. The molecule has 0 saturated carbocycles. The maximum atomic E-state index is 13.1. The second kappa shape index (κ2) is 10.5. The first kappa shape index (κ1) is 21.4. The summed E-state index contributed by atoms with van der Waals surface area (Å²) in [7, 11) is 0. The van der Waals surface area contributed by atoms with Crippen LogP contribution in [0.25, 0.3) is 0 Å². The van der Waals surface area contributed by atoms with Crippen LogP contribution in [-0.2, 0) is 19.6 Å². The number of halogens is 2. The molecule has 3 aromatic carbocycles. The molecular weight excluding hydrogens is 480 g/mol. The molecule has 0 spiro atoms. The average Bonchev–Trinajstić information content (AvgIpc) is 2.73. The average molecular weight is 505 g/mol. The Morgan fingerprint density at radius 3 is 2.41 bits per heavy atom. The maximum Gasteiger partial charge on any atom is 0.174 e. The molecule has 0 bridgehead atoms. The predicted molar refractivity (Wildman–Crippen MR) is 124 cm³/mol. The summed E-state index contributed by atoms with van der Waals surface area (Å²) in [6.07, 6.45) is 0.987. The lowest BCUT2D eigenvalue weighted by Gasteiger charge is -2.17. The first-order chi connectivity index (χ1) is 14.1. The van der Waals surface area contributed by atoms with Crippen molar-refractivity contribution in [3.63, 3.8) is 0 Å². The van der Waals surface area contributed by atoms with Gasteiger partial charge in [0.1, 0.15) is 12.4 Å². The van der Waals surface area contributed by atoms with Crippen LogP contribution in [-0.4, -0.2) is 6.61 Å². The van der Waals surface area contributed by atoms with E-state index in [1.54, 1.807) is 12.1 Å². The van der Waals surface area contributed by atoms with Gasteiger partial charge in [-0.25, -0.2) is 4.39 Å². The largest absolute Gasteiger partial charge is 0.490 e. The number of hydrogen-bond donors (Lipinski definition) is 1. The highest BCUT2D eigenvalue weighted by Crippen LogP contribution is 2.35. The Morgan fingerprint density at radius 1 is 0.931 bits per heavy atom. The fraction of sp³-hybridized carbons (Fsp3) is 0.250. The quantitative estimate of drug-likeness (QED) is 0.333. The summed E-state index contributed by atoms with van der Waals surface area (Å²) >= 11 is 2.28. The SMILES string of the molecule is CCOc1cc(CNc2ccccc2CC)cc(I)c1OCc1ccc(F)cc1. The number of para-hydroxylation sites is 1. The van der Waals surface area contributed by atoms with E-state index in [1.165, 1.54) is 17.7 Å². The van der Waals surface area contributed by atoms with Crippen molar-refractivity contribution in [1.82, 2.24) is 0 Å². The first-order valence-corrected chi connectivity index (χ1v) is 10.8.